The monoisotopic (exact) mass is 1430 g/mol. The maximum atomic E-state index is 10.6. The number of phosphoric acid groups is 1. The lowest BCUT2D eigenvalue weighted by Gasteiger charge is -2.29. The summed E-state index contributed by atoms with van der Waals surface area (Å²) in [6, 6.07) is 0. The molecule has 0 heterocycles. The Balaban J connectivity index is -0.0000490. The summed E-state index contributed by atoms with van der Waals surface area (Å²) in [4.78, 5) is 21.3. The topological polar surface area (TPSA) is 145 Å². The molecule has 0 amide bonds. The van der Waals surface area contributed by atoms with Crippen LogP contribution in [0.2, 0.25) is 0 Å². The van der Waals surface area contributed by atoms with Crippen molar-refractivity contribution in [1.82, 2.24) is 12.3 Å². The van der Waals surface area contributed by atoms with Gasteiger partial charge in [0.2, 0.25) is 0 Å². The first-order chi connectivity index (χ1) is 47.5. The Bertz CT molecular complexity index is 2910. The molecule has 0 aliphatic heterocycles. The van der Waals surface area contributed by atoms with Gasteiger partial charge in [0.15, 0.2) is 0 Å². The zero-order chi connectivity index (χ0) is 74.8. The minimum absolute atomic E-state index is 0. The van der Waals surface area contributed by atoms with Crippen LogP contribution in [0.15, 0.2) is 210 Å². The summed E-state index contributed by atoms with van der Waals surface area (Å²) in [7, 11) is -4.86. The van der Waals surface area contributed by atoms with Gasteiger partial charge in [-0.2, -0.15) is 0 Å². The maximum absolute atomic E-state index is 10.6. The molecular weight excluding hydrogens is 1260 g/mol. The smallest absolute Gasteiger partial charge is 0.0596 e. The minimum Gasteiger partial charge on any atom is -0.790 e. The van der Waals surface area contributed by atoms with Crippen molar-refractivity contribution >= 4 is 7.82 Å². The molecule has 0 aromatic carbocycles. The van der Waals surface area contributed by atoms with Crippen LogP contribution in [0.3, 0.4) is 0 Å². The van der Waals surface area contributed by atoms with E-state index in [1.807, 2.05) is 0 Å². The summed E-state index contributed by atoms with van der Waals surface area (Å²) >= 11 is 0. The molecule has 0 bridgehead atoms. The predicted octanol–water partition coefficient (Wildman–Crippen LogP) is 31.7. The molecule has 0 rings (SSSR count). The summed E-state index contributed by atoms with van der Waals surface area (Å²) in [6.07, 6.45) is 85.4. The average molecular weight is 1430 g/mol. The quantitative estimate of drug-likeness (QED) is 0.0461. The summed E-state index contributed by atoms with van der Waals surface area (Å²) < 4.78 is 15.0. The zero-order valence-corrected chi connectivity index (χ0v) is 71.8. The predicted molar refractivity (Wildman–Crippen MR) is 459 cm³/mol. The molecule has 102 heavy (non-hydrogen) atoms. The maximum Gasteiger partial charge on any atom is 0.0596 e. The lowest BCUT2D eigenvalue weighted by Crippen LogP contribution is -2.17. The lowest BCUT2D eigenvalue weighted by molar-refractivity contribution is -0.341. The van der Waals surface area contributed by atoms with E-state index in [4.69, 9.17) is 0 Å². The first-order valence-electron chi connectivity index (χ1n) is 40.0. The van der Waals surface area contributed by atoms with E-state index in [9.17, 15) is 14.4 Å². The Morgan fingerprint density at radius 1 is 0.235 bits per heavy atom. The Labute approximate surface area is 633 Å². The van der Waals surface area contributed by atoms with Crippen molar-refractivity contribution in [1.29, 1.82) is 0 Å². The molecule has 0 aliphatic carbocycles. The fourth-order valence-electron chi connectivity index (χ4n) is 12.2. The molecule has 0 saturated heterocycles. The standard InChI is InChI=1S/C95H157O4P.2H3N/c1-77(2)39-21-40-78(3)41-22-42-79(4)43-23-44-80(5)45-24-46-81(6)47-25-48-82(7)49-26-50-83(8)51-27-52-84(9)53-28-54-85(10)55-29-56-86(11)57-30-58-87(12)59-31-60-88(13)61-32-62-89(14)63-33-64-90(15)65-34-66-91(16)67-35-68-92(17)69-36-70-93(18)71-37-72-94(19)73-38-74-95(20)75-76-99-100(96,97)98;;/h39,41,43,45,47,49,51,53,55,57,59,61,63,65,67,69,71,73,95H,21-38,40,42,44,46,48,50,52,54,56,58,60,62,64,66,68,70,72,74-76H2,1-20H3,(H2,96,97,98);2*1H3. The molecule has 0 saturated carbocycles. The third-order valence-corrected chi connectivity index (χ3v) is 20.1. The number of hydrogen-bond acceptors (Lipinski definition) is 4. The Morgan fingerprint density at radius 3 is 0.490 bits per heavy atom. The van der Waals surface area contributed by atoms with E-state index in [1.54, 1.807) is 0 Å². The van der Waals surface area contributed by atoms with E-state index in [-0.39, 0.29) is 18.9 Å². The van der Waals surface area contributed by atoms with Gasteiger partial charge in [-0.3, -0.25) is 0 Å². The molecule has 0 aromatic heterocycles. The first-order valence-corrected chi connectivity index (χ1v) is 41.4. The fraction of sp³-hybridized carbons (Fsp3) is 0.621. The molecule has 8 N–H and O–H groups in total. The van der Waals surface area contributed by atoms with Gasteiger partial charge in [-0.05, 0) is 375 Å². The largest absolute Gasteiger partial charge is 0.790 e. The lowest BCUT2D eigenvalue weighted by atomic mass is 10.0. The van der Waals surface area contributed by atoms with Crippen molar-refractivity contribution in [3.8, 4) is 0 Å². The van der Waals surface area contributed by atoms with Crippen molar-refractivity contribution in [2.75, 3.05) is 6.61 Å². The average Bonchev–Trinajstić information content (AvgIpc) is 1.18. The van der Waals surface area contributed by atoms with Gasteiger partial charge in [0, 0.05) is 0 Å². The molecule has 0 spiro atoms. The Kier molecular flexibility index (Phi) is 65.5. The highest BCUT2D eigenvalue weighted by atomic mass is 31.2. The summed E-state index contributed by atoms with van der Waals surface area (Å²) in [5, 5.41) is 0. The number of phosphoric ester groups is 1. The van der Waals surface area contributed by atoms with Crippen LogP contribution in [-0.4, -0.2) is 6.61 Å². The summed E-state index contributed by atoms with van der Waals surface area (Å²) in [6.45, 7) is 45.5. The van der Waals surface area contributed by atoms with Crippen LogP contribution < -0.4 is 22.1 Å². The van der Waals surface area contributed by atoms with Crippen molar-refractivity contribution in [3.05, 3.63) is 210 Å². The molecule has 582 valence electrons. The fourth-order valence-corrected chi connectivity index (χ4v) is 12.5. The normalized spacial score (nSPS) is 15.2. The number of hydrogen-bond donors (Lipinski definition) is 2. The molecule has 0 radical (unpaired) electrons. The molecular formula is C95H163N2O4P. The second-order valence-corrected chi connectivity index (χ2v) is 32.2. The highest BCUT2D eigenvalue weighted by Crippen LogP contribution is 2.27. The molecule has 1 unspecified atom stereocenters. The van der Waals surface area contributed by atoms with Gasteiger partial charge >= 0.3 is 0 Å². The van der Waals surface area contributed by atoms with Gasteiger partial charge < -0.3 is 31.2 Å². The van der Waals surface area contributed by atoms with Crippen molar-refractivity contribution in [3.63, 3.8) is 0 Å². The highest BCUT2D eigenvalue weighted by Gasteiger charge is 2.05. The molecule has 0 aromatic rings. The van der Waals surface area contributed by atoms with Crippen LogP contribution in [0.4, 0.5) is 0 Å². The highest BCUT2D eigenvalue weighted by molar-refractivity contribution is 7.43. The number of quaternary nitrogens is 2. The summed E-state index contributed by atoms with van der Waals surface area (Å²) in [5.41, 5.74) is 27.1. The molecule has 7 heteroatoms. The third kappa shape index (κ3) is 69.7. The number of rotatable bonds is 58. The van der Waals surface area contributed by atoms with Crippen molar-refractivity contribution < 1.29 is 18.9 Å². The second kappa shape index (κ2) is 65.8. The minimum atomic E-state index is -4.86. The SMILES string of the molecule is CC(C)=CCCC(C)=CCCC(C)=CCCC(C)=CCCC(C)=CCCC(C)=CCCC(C)=CCCC(C)=CCCC(C)=CCCC(C)=CCCC(C)=CCCC(C)=CCCC(C)=CCCC(C)=CCCC(C)=CCCC(C)=CCCC(C)=CCCC(C)=CCCC(C)CCOP(=O)([O-])[O-].[NH4+].[NH4+]. The van der Waals surface area contributed by atoms with Gasteiger partial charge in [-0.25, -0.2) is 0 Å². The van der Waals surface area contributed by atoms with Crippen LogP contribution in [0.1, 0.15) is 376 Å². The first kappa shape index (κ1) is 102. The second-order valence-electron chi connectivity index (χ2n) is 31.0. The van der Waals surface area contributed by atoms with Gasteiger partial charge in [-0.1, -0.05) is 217 Å². The van der Waals surface area contributed by atoms with Crippen LogP contribution in [0.25, 0.3) is 0 Å². The van der Waals surface area contributed by atoms with E-state index < -0.39 is 7.82 Å². The van der Waals surface area contributed by atoms with E-state index in [0.717, 1.165) is 186 Å². The van der Waals surface area contributed by atoms with Crippen LogP contribution in [0.5, 0.6) is 0 Å². The van der Waals surface area contributed by atoms with Gasteiger partial charge in [0.1, 0.15) is 0 Å². The Morgan fingerprint density at radius 2 is 0.363 bits per heavy atom. The van der Waals surface area contributed by atoms with E-state index in [2.05, 4.69) is 252 Å². The van der Waals surface area contributed by atoms with Gasteiger partial charge in [0.25, 0.3) is 0 Å². The van der Waals surface area contributed by atoms with E-state index in [0.29, 0.717) is 12.3 Å². The molecule has 0 fully saturated rings. The summed E-state index contributed by atoms with van der Waals surface area (Å²) in [5.74, 6) is 0.316. The van der Waals surface area contributed by atoms with Crippen LogP contribution in [-0.2, 0) is 9.09 Å². The Hall–Kier alpha value is -4.65. The van der Waals surface area contributed by atoms with E-state index in [1.165, 1.54) is 145 Å². The van der Waals surface area contributed by atoms with Gasteiger partial charge in [-0.15, -0.1) is 0 Å². The van der Waals surface area contributed by atoms with Gasteiger partial charge in [0.05, 0.1) is 14.4 Å². The molecule has 6 nitrogen and oxygen atoms in total. The zero-order valence-electron chi connectivity index (χ0n) is 70.9. The third-order valence-electron chi connectivity index (χ3n) is 19.6. The molecule has 1 atom stereocenters. The molecule has 0 aliphatic rings. The van der Waals surface area contributed by atoms with E-state index >= 15 is 0 Å². The van der Waals surface area contributed by atoms with Crippen molar-refractivity contribution in [2.24, 2.45) is 5.92 Å². The van der Waals surface area contributed by atoms with Crippen molar-refractivity contribution in [2.45, 2.75) is 376 Å². The van der Waals surface area contributed by atoms with Crippen LogP contribution >= 0.6 is 7.82 Å². The van der Waals surface area contributed by atoms with Crippen LogP contribution in [0, 0.1) is 5.92 Å². The number of allylic oxidation sites excluding steroid dienone is 36.